The van der Waals surface area contributed by atoms with E-state index in [0.29, 0.717) is 18.1 Å². The molecule has 5 nitrogen and oxygen atoms in total. The van der Waals surface area contributed by atoms with Gasteiger partial charge in [-0.2, -0.15) is 0 Å². The molecule has 0 fully saturated rings. The largest absolute Gasteiger partial charge is 0.375 e. The lowest BCUT2D eigenvalue weighted by molar-refractivity contribution is -0.132. The van der Waals surface area contributed by atoms with E-state index in [2.05, 4.69) is 22.1 Å². The maximum absolute atomic E-state index is 12.5. The fourth-order valence-corrected chi connectivity index (χ4v) is 4.06. The van der Waals surface area contributed by atoms with E-state index in [1.807, 2.05) is 23.2 Å². The molecular formula is C17H18N4OS. The summed E-state index contributed by atoms with van der Waals surface area (Å²) < 4.78 is 0. The van der Waals surface area contributed by atoms with Crippen LogP contribution in [0.25, 0.3) is 10.9 Å². The molecule has 6 heteroatoms. The number of nitrogen functional groups attached to an aromatic ring is 1. The average molecular weight is 326 g/mol. The molecule has 0 unspecified atom stereocenters. The minimum Gasteiger partial charge on any atom is -0.375 e. The van der Waals surface area contributed by atoms with Gasteiger partial charge in [-0.3, -0.25) is 4.79 Å². The van der Waals surface area contributed by atoms with E-state index in [0.717, 1.165) is 35.5 Å². The third-order valence-corrected chi connectivity index (χ3v) is 5.30. The second-order valence-corrected chi connectivity index (χ2v) is 6.96. The van der Waals surface area contributed by atoms with Crippen molar-refractivity contribution < 1.29 is 4.79 Å². The lowest BCUT2D eigenvalue weighted by Crippen LogP contribution is -2.35. The number of fused-ring (bicyclic) bond motifs is 2. The highest BCUT2D eigenvalue weighted by molar-refractivity contribution is 7.15. The Labute approximate surface area is 138 Å². The van der Waals surface area contributed by atoms with Crippen LogP contribution in [0.5, 0.6) is 0 Å². The van der Waals surface area contributed by atoms with E-state index >= 15 is 0 Å². The van der Waals surface area contributed by atoms with Crippen LogP contribution in [0.1, 0.15) is 22.6 Å². The number of carbonyl (C=O) groups excluding carboxylic acids is 1. The van der Waals surface area contributed by atoms with Crippen LogP contribution in [-0.2, 0) is 24.2 Å². The number of benzene rings is 1. The van der Waals surface area contributed by atoms with Crippen molar-refractivity contribution in [2.24, 2.45) is 0 Å². The van der Waals surface area contributed by atoms with Gasteiger partial charge in [-0.15, -0.1) is 11.3 Å². The average Bonchev–Trinajstić information content (AvgIpc) is 3.14. The summed E-state index contributed by atoms with van der Waals surface area (Å²) in [6.07, 6.45) is 4.11. The van der Waals surface area contributed by atoms with Gasteiger partial charge in [-0.1, -0.05) is 18.2 Å². The van der Waals surface area contributed by atoms with Gasteiger partial charge in [0, 0.05) is 41.4 Å². The lowest BCUT2D eigenvalue weighted by Gasteiger charge is -2.26. The Morgan fingerprint density at radius 3 is 3.17 bits per heavy atom. The van der Waals surface area contributed by atoms with E-state index in [9.17, 15) is 4.79 Å². The zero-order valence-corrected chi connectivity index (χ0v) is 13.5. The Bertz CT molecular complexity index is 866. The Hall–Kier alpha value is -2.34. The number of para-hydroxylation sites is 1. The molecule has 1 amide bonds. The molecule has 0 saturated carbocycles. The second-order valence-electron chi connectivity index (χ2n) is 5.85. The van der Waals surface area contributed by atoms with Gasteiger partial charge in [0.15, 0.2) is 5.13 Å². The van der Waals surface area contributed by atoms with Crippen molar-refractivity contribution in [3.8, 4) is 0 Å². The van der Waals surface area contributed by atoms with E-state index in [1.165, 1.54) is 22.3 Å². The molecule has 0 radical (unpaired) electrons. The smallest absolute Gasteiger partial charge is 0.223 e. The fourth-order valence-electron chi connectivity index (χ4n) is 3.17. The monoisotopic (exact) mass is 326 g/mol. The number of amides is 1. The van der Waals surface area contributed by atoms with Crippen molar-refractivity contribution in [3.63, 3.8) is 0 Å². The SMILES string of the molecule is Nc1nc2c(s1)CN(C(=O)CCc1c[nH]c3ccccc13)CC2. The summed E-state index contributed by atoms with van der Waals surface area (Å²) in [5, 5.41) is 1.81. The molecule has 2 aromatic heterocycles. The highest BCUT2D eigenvalue weighted by atomic mass is 32.1. The topological polar surface area (TPSA) is 75.0 Å². The zero-order valence-electron chi connectivity index (χ0n) is 12.7. The number of anilines is 1. The number of hydrogen-bond acceptors (Lipinski definition) is 4. The Kier molecular flexibility index (Phi) is 3.53. The predicted octanol–water partition coefficient (Wildman–Crippen LogP) is 2.72. The number of thiazole rings is 1. The van der Waals surface area contributed by atoms with Gasteiger partial charge in [0.1, 0.15) is 0 Å². The number of aryl methyl sites for hydroxylation is 1. The summed E-state index contributed by atoms with van der Waals surface area (Å²) in [7, 11) is 0. The number of H-pyrrole nitrogens is 1. The molecule has 1 aromatic carbocycles. The third-order valence-electron chi connectivity index (χ3n) is 4.38. The standard InChI is InChI=1S/C17H18N4OS/c18-17-20-14-7-8-21(10-15(14)23-17)16(22)6-5-11-9-19-13-4-2-1-3-12(11)13/h1-4,9,19H,5-8,10H2,(H2,18,20). The van der Waals surface area contributed by atoms with Crippen molar-refractivity contribution in [2.75, 3.05) is 12.3 Å². The summed E-state index contributed by atoms with van der Waals surface area (Å²) in [6, 6.07) is 8.20. The van der Waals surface area contributed by atoms with E-state index in [-0.39, 0.29) is 5.91 Å². The molecular weight excluding hydrogens is 308 g/mol. The van der Waals surface area contributed by atoms with Gasteiger partial charge in [0.2, 0.25) is 5.91 Å². The van der Waals surface area contributed by atoms with Crippen molar-refractivity contribution in [2.45, 2.75) is 25.8 Å². The molecule has 1 aliphatic rings. The van der Waals surface area contributed by atoms with Gasteiger partial charge < -0.3 is 15.6 Å². The lowest BCUT2D eigenvalue weighted by atomic mass is 10.1. The normalized spacial score (nSPS) is 14.2. The van der Waals surface area contributed by atoms with Gasteiger partial charge in [-0.05, 0) is 18.1 Å². The van der Waals surface area contributed by atoms with Gasteiger partial charge in [0.05, 0.1) is 12.2 Å². The quantitative estimate of drug-likeness (QED) is 0.777. The first kappa shape index (κ1) is 14.3. The van der Waals surface area contributed by atoms with Crippen LogP contribution < -0.4 is 5.73 Å². The number of nitrogens with one attached hydrogen (secondary N) is 1. The highest BCUT2D eigenvalue weighted by Crippen LogP contribution is 2.27. The first-order chi connectivity index (χ1) is 11.2. The molecule has 3 N–H and O–H groups in total. The Balaban J connectivity index is 1.43. The predicted molar refractivity (Wildman–Crippen MR) is 92.3 cm³/mol. The van der Waals surface area contributed by atoms with Crippen LogP contribution in [0.15, 0.2) is 30.5 Å². The maximum Gasteiger partial charge on any atom is 0.223 e. The van der Waals surface area contributed by atoms with Gasteiger partial charge in [0.25, 0.3) is 0 Å². The Morgan fingerprint density at radius 2 is 2.26 bits per heavy atom. The van der Waals surface area contributed by atoms with Gasteiger partial charge >= 0.3 is 0 Å². The number of nitrogens with zero attached hydrogens (tertiary/aromatic N) is 2. The number of aromatic nitrogens is 2. The summed E-state index contributed by atoms with van der Waals surface area (Å²) in [4.78, 5) is 23.2. The number of hydrogen-bond donors (Lipinski definition) is 2. The number of nitrogens with two attached hydrogens (primary N) is 1. The van der Waals surface area contributed by atoms with Crippen LogP contribution in [0, 0.1) is 0 Å². The first-order valence-electron chi connectivity index (χ1n) is 7.77. The molecule has 3 aromatic rings. The van der Waals surface area contributed by atoms with E-state index in [1.54, 1.807) is 0 Å². The van der Waals surface area contributed by atoms with E-state index < -0.39 is 0 Å². The van der Waals surface area contributed by atoms with Crippen LogP contribution in [-0.4, -0.2) is 27.3 Å². The summed E-state index contributed by atoms with van der Waals surface area (Å²) in [5.41, 5.74) is 9.14. The highest BCUT2D eigenvalue weighted by Gasteiger charge is 2.23. The minimum atomic E-state index is 0.202. The molecule has 0 spiro atoms. The molecule has 0 aliphatic carbocycles. The molecule has 0 bridgehead atoms. The number of aromatic amines is 1. The first-order valence-corrected chi connectivity index (χ1v) is 8.59. The summed E-state index contributed by atoms with van der Waals surface area (Å²) >= 11 is 1.50. The number of rotatable bonds is 3. The third kappa shape index (κ3) is 2.70. The zero-order chi connectivity index (χ0) is 15.8. The van der Waals surface area contributed by atoms with Crippen molar-refractivity contribution in [1.29, 1.82) is 0 Å². The van der Waals surface area contributed by atoms with E-state index in [4.69, 9.17) is 5.73 Å². The Morgan fingerprint density at radius 1 is 1.39 bits per heavy atom. The van der Waals surface area contributed by atoms with Gasteiger partial charge in [-0.25, -0.2) is 4.98 Å². The molecule has 3 heterocycles. The van der Waals surface area contributed by atoms with Crippen LogP contribution in [0.3, 0.4) is 0 Å². The molecule has 4 rings (SSSR count). The molecule has 1 aliphatic heterocycles. The van der Waals surface area contributed by atoms with Crippen molar-refractivity contribution in [3.05, 3.63) is 46.6 Å². The maximum atomic E-state index is 12.5. The van der Waals surface area contributed by atoms with Crippen molar-refractivity contribution in [1.82, 2.24) is 14.9 Å². The number of carbonyl (C=O) groups is 1. The molecule has 23 heavy (non-hydrogen) atoms. The summed E-state index contributed by atoms with van der Waals surface area (Å²) in [5.74, 6) is 0.202. The minimum absolute atomic E-state index is 0.202. The molecule has 0 saturated heterocycles. The van der Waals surface area contributed by atoms with Crippen LogP contribution >= 0.6 is 11.3 Å². The second kappa shape index (κ2) is 5.70. The fraction of sp³-hybridized carbons (Fsp3) is 0.294. The van der Waals surface area contributed by atoms with Crippen LogP contribution in [0.2, 0.25) is 0 Å². The van der Waals surface area contributed by atoms with Crippen molar-refractivity contribution >= 4 is 33.3 Å². The van der Waals surface area contributed by atoms with Crippen LogP contribution in [0.4, 0.5) is 5.13 Å². The molecule has 118 valence electrons. The molecule has 0 atom stereocenters. The summed E-state index contributed by atoms with van der Waals surface area (Å²) in [6.45, 7) is 1.39.